The number of benzene rings is 7. The zero-order valence-corrected chi connectivity index (χ0v) is 88.8. The number of rotatable bonds is 28. The predicted octanol–water partition coefficient (Wildman–Crippen LogP) is 11.2. The minimum absolute atomic E-state index is 0. The normalized spacial score (nSPS) is 16.6. The Kier molecular flexibility index (Phi) is 48.6. The van der Waals surface area contributed by atoms with E-state index in [9.17, 15) is 71.9 Å². The van der Waals surface area contributed by atoms with E-state index in [1.165, 1.54) is 93.1 Å². The van der Waals surface area contributed by atoms with Crippen molar-refractivity contribution in [3.63, 3.8) is 0 Å². The number of amides is 2. The fourth-order valence-corrected chi connectivity index (χ4v) is 18.0. The molecule has 0 radical (unpaired) electrons. The molecule has 5 aliphatic heterocycles. The highest BCUT2D eigenvalue weighted by Gasteiger charge is 2.36. The lowest BCUT2D eigenvalue weighted by Crippen LogP contribution is -2.36. The van der Waals surface area contributed by atoms with Gasteiger partial charge in [0.05, 0.1) is 67.7 Å². The van der Waals surface area contributed by atoms with Crippen molar-refractivity contribution in [2.45, 2.75) is 62.3 Å². The molecule has 0 unspecified atom stereocenters. The van der Waals surface area contributed by atoms with E-state index in [-0.39, 0.29) is 123 Å². The fraction of sp³-hybridized carbons (Fsp3) is 0.364. The van der Waals surface area contributed by atoms with Crippen molar-refractivity contribution in [2.24, 2.45) is 0 Å². The molecule has 0 saturated carbocycles. The molecular weight excluding hydrogens is 2030 g/mol. The van der Waals surface area contributed by atoms with Gasteiger partial charge in [-0.25, -0.2) is 69.3 Å². The number of nitrogens with two attached hydrogens (primary N) is 2. The molecule has 0 aliphatic carbocycles. The van der Waals surface area contributed by atoms with Gasteiger partial charge in [0.1, 0.15) is 11.5 Å². The van der Waals surface area contributed by atoms with Crippen LogP contribution in [-0.4, -0.2) is 277 Å². The molecule has 7 aromatic carbocycles. The number of sulfonamides is 4. The molecule has 768 valence electrons. The SMILES string of the molecule is C=CC(=O)Nc1cccc(Oc2nc(Cl)ncc2OC)c1.C=CC(=O)Nc1cccc(Oc2nc(Nc3ccc(N(C)[C@H]4CCN(S(C)(=O)=O)C4)cc3)ncc2OC)c1.CN(c1ccc(N)cc1)[C@H]1CCN(S(C)(=O)=O)C1.CN(c1ccc(N)cc1)[C@H]1CCN(S(C)(=O)=O)C1.CN(c1ccc([N+](=O)[O-])cc1)[C@H]1CCN(S(C)(=O)=O)C1.CN(c1ccc([N+](=O)[O-])cc1)[C@H]1CCNC1.CS(=O)(=O)Cl.S.S.S.S. The van der Waals surface area contributed by atoms with Crippen LogP contribution in [-0.2, 0) is 58.7 Å². The van der Waals surface area contributed by atoms with E-state index in [2.05, 4.69) is 84.6 Å². The van der Waals surface area contributed by atoms with E-state index in [1.807, 2.05) is 113 Å². The number of hydrogen-bond donors (Lipinski definition) is 6. The lowest BCUT2D eigenvalue weighted by atomic mass is 10.2. The summed E-state index contributed by atoms with van der Waals surface area (Å²) in [6.07, 6.45) is 15.5. The quantitative estimate of drug-likeness (QED) is 0.00662. The van der Waals surface area contributed by atoms with Gasteiger partial charge in [0.25, 0.3) is 23.1 Å². The topological polar surface area (TPSA) is 509 Å². The number of nitro groups is 2. The monoisotopic (exact) mass is 2150 g/mol. The minimum Gasteiger partial charge on any atom is -0.490 e. The number of nitrogen functional groups attached to an aromatic ring is 2. The number of carbonyl (C=O) groups excluding carboxylic acids is 2. The Bertz CT molecular complexity index is 6070. The third kappa shape index (κ3) is 38.8. The van der Waals surface area contributed by atoms with Gasteiger partial charge < -0.3 is 76.2 Å². The molecule has 5 saturated heterocycles. The number of halogens is 2. The summed E-state index contributed by atoms with van der Waals surface area (Å²) in [5.74, 6) is 1.65. The van der Waals surface area contributed by atoms with Gasteiger partial charge in [-0.2, -0.15) is 64.0 Å². The highest BCUT2D eigenvalue weighted by molar-refractivity contribution is 8.13. The maximum Gasteiger partial charge on any atom is 0.269 e. The first kappa shape index (κ1) is 121. The Morgan fingerprint density at radius 3 is 1.05 bits per heavy atom. The fourth-order valence-electron chi connectivity index (χ4n) is 14.3. The third-order valence-electron chi connectivity index (χ3n) is 22.1. The number of methoxy groups -OCH3 is 2. The van der Waals surface area contributed by atoms with Gasteiger partial charge >= 0.3 is 0 Å². The van der Waals surface area contributed by atoms with E-state index < -0.39 is 54.1 Å². The second-order valence-corrected chi connectivity index (χ2v) is 43.1. The number of non-ortho nitro benzene ring substituents is 2. The largest absolute Gasteiger partial charge is 0.490 e. The molecule has 8 N–H and O–H groups in total. The minimum atomic E-state index is -3.19. The molecule has 5 atom stereocenters. The molecule has 5 aliphatic rings. The van der Waals surface area contributed by atoms with Crippen molar-refractivity contribution in [3.8, 4) is 34.8 Å². The van der Waals surface area contributed by atoms with E-state index in [1.54, 1.807) is 84.9 Å². The molecule has 7 heterocycles. The number of carbonyl (C=O) groups is 2. The van der Waals surface area contributed by atoms with Crippen molar-refractivity contribution >= 4 is 211 Å². The van der Waals surface area contributed by atoms with Crippen LogP contribution >= 0.6 is 76.3 Å². The number of nitrogens with zero attached hydrogens (tertiary/aromatic N) is 15. The Labute approximate surface area is 856 Å². The summed E-state index contributed by atoms with van der Waals surface area (Å²) in [5.41, 5.74) is 19.8. The summed E-state index contributed by atoms with van der Waals surface area (Å²) in [7, 11) is 1.63. The van der Waals surface area contributed by atoms with E-state index >= 15 is 0 Å². The van der Waals surface area contributed by atoms with Gasteiger partial charge in [0, 0.05) is 228 Å². The Balaban J connectivity index is 0.000000355. The predicted molar refractivity (Wildman–Crippen MR) is 575 cm³/mol. The number of likely N-dealkylation sites (N-methyl/N-ethyl adjacent to an activating group) is 5. The smallest absolute Gasteiger partial charge is 0.269 e. The Hall–Kier alpha value is -11.0. The second kappa shape index (κ2) is 56.0. The first-order valence-electron chi connectivity index (χ1n) is 42.0. The van der Waals surface area contributed by atoms with Crippen LogP contribution in [0.25, 0.3) is 0 Å². The van der Waals surface area contributed by atoms with Gasteiger partial charge in [-0.1, -0.05) is 25.3 Å². The maximum absolute atomic E-state index is 11.8. The molecule has 2 aromatic heterocycles. The molecule has 9 aromatic rings. The number of nitro benzene ring substituents is 2. The first-order valence-corrected chi connectivity index (χ1v) is 52.5. The molecule has 52 heteroatoms. The number of aromatic nitrogens is 4. The summed E-state index contributed by atoms with van der Waals surface area (Å²) in [6.45, 7) is 13.1. The van der Waals surface area contributed by atoms with Gasteiger partial charge in [-0.15, -0.1) is 0 Å². The Morgan fingerprint density at radius 2 is 0.764 bits per heavy atom. The zero-order valence-electron chi connectivity index (χ0n) is 79.2. The summed E-state index contributed by atoms with van der Waals surface area (Å²) in [5, 5.41) is 32.9. The molecule has 5 fully saturated rings. The van der Waals surface area contributed by atoms with E-state index in [0.29, 0.717) is 98.7 Å². The van der Waals surface area contributed by atoms with Gasteiger partial charge in [0.2, 0.25) is 72.2 Å². The van der Waals surface area contributed by atoms with Crippen molar-refractivity contribution in [1.82, 2.24) is 42.5 Å². The van der Waals surface area contributed by atoms with Crippen LogP contribution in [0.3, 0.4) is 0 Å². The third-order valence-corrected chi connectivity index (χ3v) is 27.3. The first-order chi connectivity index (χ1) is 64.0. The molecule has 0 spiro atoms. The van der Waals surface area contributed by atoms with Crippen LogP contribution in [0.4, 0.5) is 74.2 Å². The molecule has 14 rings (SSSR count). The van der Waals surface area contributed by atoms with Crippen LogP contribution in [0, 0.1) is 20.2 Å². The standard InChI is InChI=1S/C26H30N6O5S.C14H12ClN3O3.C12H17N3O4S.2C12H19N3O2S.C11H15N3O2.CH3ClO2S.4H2S/c1-5-24(33)28-19-7-6-8-22(15-19)37-25-23(36-3)16-27-26(30-25)29-18-9-11-20(12-10-18)31(2)21-13-14-32(17-21)38(4,34)35;1-3-12(19)17-9-5-4-6-10(7-9)21-13-11(20-2)8-16-14(15)18-13;1-13(10-3-5-11(6-4-10)15(16)17)12-7-8-14(9-12)20(2,18)19;2*1-14(11-5-3-10(13)4-6-11)12-7-8-15(9-12)18(2,16)17;1-13(11-6-7-12-8-11)9-2-4-10(5-3-9)14(15)16;1-5(2,3)4;;;;/h5-12,15-16,21H,1,13-14,17H2,2-4H3,(H,28,33)(H,27,29,30);3-8H,1H2,2H3,(H,17,19);3-6,12H,7-9H2,1-2H3;2*3-6,12H,7-9,13H2,1-2H3;2-5,11-12H,6-8H2,1H3;1H3;4*1H2/t21-;;3*12-;11-;;;;;/m0.0000...../s1. The van der Waals surface area contributed by atoms with Crippen molar-refractivity contribution in [2.75, 3.05) is 198 Å². The van der Waals surface area contributed by atoms with E-state index in [4.69, 9.17) is 42.0 Å². The van der Waals surface area contributed by atoms with Crippen molar-refractivity contribution < 1.29 is 80.5 Å². The summed E-state index contributed by atoms with van der Waals surface area (Å²) < 4.78 is 139. The van der Waals surface area contributed by atoms with Crippen LogP contribution in [0.5, 0.6) is 34.8 Å². The average Bonchev–Trinajstić information content (AvgIpc) is 1.71. The maximum atomic E-state index is 11.8. The lowest BCUT2D eigenvalue weighted by Gasteiger charge is -2.27. The highest BCUT2D eigenvalue weighted by atomic mass is 35.7. The second-order valence-electron chi connectivity index (χ2n) is 31.8. The number of nitrogens with one attached hydrogen (secondary N) is 4. The molecule has 140 heavy (non-hydrogen) atoms. The molecule has 0 bridgehead atoms. The van der Waals surface area contributed by atoms with Gasteiger partial charge in [-0.05, 0) is 184 Å². The summed E-state index contributed by atoms with van der Waals surface area (Å²) >= 11 is 5.73. The average molecular weight is 2150 g/mol. The molecular formula is C88H123Cl2N21O20S9. The highest BCUT2D eigenvalue weighted by Crippen LogP contribution is 2.36. The van der Waals surface area contributed by atoms with E-state index in [0.717, 1.165) is 96.9 Å². The molecule has 41 nitrogen and oxygen atoms in total. The van der Waals surface area contributed by atoms with Crippen LogP contribution in [0.15, 0.2) is 208 Å². The van der Waals surface area contributed by atoms with Crippen LogP contribution < -0.4 is 76.2 Å². The van der Waals surface area contributed by atoms with Crippen LogP contribution in [0.2, 0.25) is 5.28 Å². The zero-order chi connectivity index (χ0) is 100. The number of ether oxygens (including phenoxy) is 4. The number of hydrogen-bond acceptors (Lipinski definition) is 33. The van der Waals surface area contributed by atoms with Gasteiger partial charge in [-0.3, -0.25) is 29.8 Å². The van der Waals surface area contributed by atoms with Crippen molar-refractivity contribution in [3.05, 3.63) is 233 Å². The van der Waals surface area contributed by atoms with Gasteiger partial charge in [0.15, 0.2) is 11.5 Å². The lowest BCUT2D eigenvalue weighted by molar-refractivity contribution is -0.385. The van der Waals surface area contributed by atoms with Crippen LogP contribution in [0.1, 0.15) is 32.1 Å². The van der Waals surface area contributed by atoms with Crippen molar-refractivity contribution in [1.29, 1.82) is 0 Å². The summed E-state index contributed by atoms with van der Waals surface area (Å²) in [6, 6.07) is 50.7. The summed E-state index contributed by atoms with van der Waals surface area (Å²) in [4.78, 5) is 70.1. The molecule has 2 amide bonds. The number of anilines is 11. The Morgan fingerprint density at radius 1 is 0.464 bits per heavy atom.